The van der Waals surface area contributed by atoms with Crippen molar-refractivity contribution < 1.29 is 8.42 Å². The van der Waals surface area contributed by atoms with Crippen molar-refractivity contribution in [3.8, 4) is 0 Å². The second-order valence-electron chi connectivity index (χ2n) is 5.20. The summed E-state index contributed by atoms with van der Waals surface area (Å²) in [5, 5.41) is 0. The van der Waals surface area contributed by atoms with Crippen molar-refractivity contribution in [3.05, 3.63) is 29.3 Å². The van der Waals surface area contributed by atoms with Crippen LogP contribution < -0.4 is 4.72 Å². The van der Waals surface area contributed by atoms with Crippen LogP contribution in [0.5, 0.6) is 0 Å². The Labute approximate surface area is 110 Å². The molecule has 0 spiro atoms. The van der Waals surface area contributed by atoms with E-state index in [9.17, 15) is 8.42 Å². The third-order valence-corrected chi connectivity index (χ3v) is 5.23. The van der Waals surface area contributed by atoms with Gasteiger partial charge in [-0.2, -0.15) is 0 Å². The first-order valence-electron chi connectivity index (χ1n) is 6.58. The van der Waals surface area contributed by atoms with Gasteiger partial charge in [-0.1, -0.05) is 25.3 Å². The first-order chi connectivity index (χ1) is 8.49. The highest BCUT2D eigenvalue weighted by molar-refractivity contribution is 7.89. The van der Waals surface area contributed by atoms with Crippen LogP contribution in [-0.2, 0) is 10.0 Å². The molecule has 0 radical (unpaired) electrons. The van der Waals surface area contributed by atoms with Gasteiger partial charge in [0.15, 0.2) is 0 Å². The number of rotatable bonds is 3. The van der Waals surface area contributed by atoms with Gasteiger partial charge in [0.05, 0.1) is 4.90 Å². The molecule has 100 valence electrons. The zero-order chi connectivity index (χ0) is 13.2. The molecule has 1 saturated carbocycles. The van der Waals surface area contributed by atoms with E-state index in [0.717, 1.165) is 36.8 Å². The van der Waals surface area contributed by atoms with Crippen LogP contribution in [0.25, 0.3) is 0 Å². The number of benzene rings is 1. The summed E-state index contributed by atoms with van der Waals surface area (Å²) in [6, 6.07) is 5.42. The summed E-state index contributed by atoms with van der Waals surface area (Å²) in [6.45, 7) is 3.93. The quantitative estimate of drug-likeness (QED) is 0.915. The molecule has 3 nitrogen and oxygen atoms in total. The van der Waals surface area contributed by atoms with Crippen LogP contribution in [-0.4, -0.2) is 14.5 Å². The molecule has 18 heavy (non-hydrogen) atoms. The molecule has 1 aromatic carbocycles. The molecule has 0 heterocycles. The Morgan fingerprint density at radius 2 is 1.72 bits per heavy atom. The molecule has 1 aliphatic carbocycles. The Hall–Kier alpha value is -0.870. The normalized spacial score (nSPS) is 17.9. The SMILES string of the molecule is Cc1ccc(S(=O)(=O)NC2CCCCC2)cc1C. The van der Waals surface area contributed by atoms with Crippen LogP contribution in [0.3, 0.4) is 0 Å². The van der Waals surface area contributed by atoms with Gasteiger partial charge in [0.2, 0.25) is 10.0 Å². The molecule has 0 saturated heterocycles. The number of aryl methyl sites for hydroxylation is 2. The zero-order valence-corrected chi connectivity index (χ0v) is 11.9. The average molecular weight is 267 g/mol. The lowest BCUT2D eigenvalue weighted by molar-refractivity contribution is 0.412. The summed E-state index contributed by atoms with van der Waals surface area (Å²) >= 11 is 0. The molecule has 0 aromatic heterocycles. The summed E-state index contributed by atoms with van der Waals surface area (Å²) in [5.74, 6) is 0. The van der Waals surface area contributed by atoms with E-state index < -0.39 is 10.0 Å². The third-order valence-electron chi connectivity index (χ3n) is 3.72. The molecule has 0 amide bonds. The number of sulfonamides is 1. The highest BCUT2D eigenvalue weighted by Crippen LogP contribution is 2.21. The van der Waals surface area contributed by atoms with Crippen molar-refractivity contribution in [2.45, 2.75) is 56.9 Å². The largest absolute Gasteiger partial charge is 0.240 e. The Bertz CT molecular complexity index is 517. The van der Waals surface area contributed by atoms with Crippen molar-refractivity contribution in [2.75, 3.05) is 0 Å². The molecule has 0 atom stereocenters. The Kier molecular flexibility index (Phi) is 4.07. The van der Waals surface area contributed by atoms with E-state index >= 15 is 0 Å². The predicted octanol–water partition coefficient (Wildman–Crippen LogP) is 2.91. The van der Waals surface area contributed by atoms with Gasteiger partial charge >= 0.3 is 0 Å². The van der Waals surface area contributed by atoms with Gasteiger partial charge in [-0.05, 0) is 49.9 Å². The van der Waals surface area contributed by atoms with E-state index in [2.05, 4.69) is 4.72 Å². The fraction of sp³-hybridized carbons (Fsp3) is 0.571. The van der Waals surface area contributed by atoms with Gasteiger partial charge in [0, 0.05) is 6.04 Å². The van der Waals surface area contributed by atoms with Crippen LogP contribution in [0.4, 0.5) is 0 Å². The number of nitrogens with one attached hydrogen (secondary N) is 1. The minimum absolute atomic E-state index is 0.116. The highest BCUT2D eigenvalue weighted by Gasteiger charge is 2.21. The summed E-state index contributed by atoms with van der Waals surface area (Å²) < 4.78 is 27.3. The van der Waals surface area contributed by atoms with Crippen molar-refractivity contribution >= 4 is 10.0 Å². The molecular weight excluding hydrogens is 246 g/mol. The molecule has 0 unspecified atom stereocenters. The summed E-state index contributed by atoms with van der Waals surface area (Å²) in [7, 11) is -3.35. The molecule has 0 aliphatic heterocycles. The topological polar surface area (TPSA) is 46.2 Å². The standard InChI is InChI=1S/C14H21NO2S/c1-11-8-9-14(10-12(11)2)18(16,17)15-13-6-4-3-5-7-13/h8-10,13,15H,3-7H2,1-2H3. The van der Waals surface area contributed by atoms with Gasteiger partial charge in [-0.3, -0.25) is 0 Å². The van der Waals surface area contributed by atoms with Crippen LogP contribution in [0, 0.1) is 13.8 Å². The summed E-state index contributed by atoms with van der Waals surface area (Å²) in [4.78, 5) is 0.385. The maximum atomic E-state index is 12.3. The Morgan fingerprint density at radius 1 is 1.06 bits per heavy atom. The van der Waals surface area contributed by atoms with Gasteiger partial charge in [-0.15, -0.1) is 0 Å². The van der Waals surface area contributed by atoms with Crippen LogP contribution in [0.1, 0.15) is 43.2 Å². The number of hydrogen-bond donors (Lipinski definition) is 1. The van der Waals surface area contributed by atoms with E-state index in [1.165, 1.54) is 6.42 Å². The minimum atomic E-state index is -3.35. The Morgan fingerprint density at radius 3 is 2.33 bits per heavy atom. The van der Waals surface area contributed by atoms with E-state index in [1.807, 2.05) is 19.9 Å². The molecule has 1 aliphatic rings. The zero-order valence-electron chi connectivity index (χ0n) is 11.1. The van der Waals surface area contributed by atoms with Crippen molar-refractivity contribution in [3.63, 3.8) is 0 Å². The smallest absolute Gasteiger partial charge is 0.208 e. The molecule has 1 fully saturated rings. The van der Waals surface area contributed by atoms with Crippen LogP contribution in [0.15, 0.2) is 23.1 Å². The van der Waals surface area contributed by atoms with Gasteiger partial charge in [0.25, 0.3) is 0 Å². The predicted molar refractivity (Wildman–Crippen MR) is 73.1 cm³/mol. The fourth-order valence-electron chi connectivity index (χ4n) is 2.39. The lowest BCUT2D eigenvalue weighted by Gasteiger charge is -2.22. The van der Waals surface area contributed by atoms with Crippen LogP contribution in [0.2, 0.25) is 0 Å². The lowest BCUT2D eigenvalue weighted by atomic mass is 9.96. The van der Waals surface area contributed by atoms with Gasteiger partial charge in [-0.25, -0.2) is 13.1 Å². The van der Waals surface area contributed by atoms with Crippen LogP contribution >= 0.6 is 0 Å². The lowest BCUT2D eigenvalue weighted by Crippen LogP contribution is -2.36. The maximum Gasteiger partial charge on any atom is 0.240 e. The first kappa shape index (κ1) is 13.6. The molecule has 1 aromatic rings. The second-order valence-corrected chi connectivity index (χ2v) is 6.92. The minimum Gasteiger partial charge on any atom is -0.208 e. The summed E-state index contributed by atoms with van der Waals surface area (Å²) in [6.07, 6.45) is 5.40. The maximum absolute atomic E-state index is 12.3. The number of hydrogen-bond acceptors (Lipinski definition) is 2. The van der Waals surface area contributed by atoms with Crippen molar-refractivity contribution in [1.82, 2.24) is 4.72 Å². The highest BCUT2D eigenvalue weighted by atomic mass is 32.2. The first-order valence-corrected chi connectivity index (χ1v) is 8.07. The van der Waals surface area contributed by atoms with E-state index in [4.69, 9.17) is 0 Å². The molecule has 2 rings (SSSR count). The average Bonchev–Trinajstić information content (AvgIpc) is 2.33. The van der Waals surface area contributed by atoms with Gasteiger partial charge < -0.3 is 0 Å². The Balaban J connectivity index is 2.16. The van der Waals surface area contributed by atoms with Gasteiger partial charge in [0.1, 0.15) is 0 Å². The monoisotopic (exact) mass is 267 g/mol. The summed E-state index contributed by atoms with van der Waals surface area (Å²) in [5.41, 5.74) is 2.13. The molecule has 0 bridgehead atoms. The van der Waals surface area contributed by atoms with E-state index in [1.54, 1.807) is 12.1 Å². The second kappa shape index (κ2) is 5.41. The third kappa shape index (κ3) is 3.12. The van der Waals surface area contributed by atoms with E-state index in [0.29, 0.717) is 4.90 Å². The van der Waals surface area contributed by atoms with Crippen molar-refractivity contribution in [1.29, 1.82) is 0 Å². The fourth-order valence-corrected chi connectivity index (χ4v) is 3.78. The van der Waals surface area contributed by atoms with Crippen molar-refractivity contribution in [2.24, 2.45) is 0 Å². The molecular formula is C14H21NO2S. The van der Waals surface area contributed by atoms with E-state index in [-0.39, 0.29) is 6.04 Å². The molecule has 1 N–H and O–H groups in total. The molecule has 4 heteroatoms.